The molecule has 2 atom stereocenters. The van der Waals surface area contributed by atoms with Crippen molar-refractivity contribution in [3.8, 4) is 17.7 Å². The molecule has 0 aliphatic carbocycles. The number of hydrogen-bond donors (Lipinski definition) is 1. The molecule has 25 heavy (non-hydrogen) atoms. The van der Waals surface area contributed by atoms with Gasteiger partial charge in [0, 0.05) is 18.5 Å². The van der Waals surface area contributed by atoms with Crippen LogP contribution in [0.4, 0.5) is 4.39 Å². The Morgan fingerprint density at radius 2 is 2.24 bits per heavy atom. The van der Waals surface area contributed by atoms with Crippen LogP contribution in [-0.2, 0) is 6.61 Å². The zero-order valence-corrected chi connectivity index (χ0v) is 14.0. The fourth-order valence-corrected chi connectivity index (χ4v) is 2.76. The van der Waals surface area contributed by atoms with E-state index in [1.807, 2.05) is 18.2 Å². The van der Waals surface area contributed by atoms with Crippen LogP contribution in [0.5, 0.6) is 11.6 Å². The molecule has 1 fully saturated rings. The molecule has 2 aromatic rings. The van der Waals surface area contributed by atoms with Gasteiger partial charge in [-0.25, -0.2) is 9.37 Å². The molecule has 1 saturated heterocycles. The zero-order chi connectivity index (χ0) is 17.6. The van der Waals surface area contributed by atoms with E-state index in [9.17, 15) is 4.39 Å². The SMILES string of the molecule is CC1CNCCC1Oc1cccc(COc2ccc(C#N)cc2F)n1. The average Bonchev–Trinajstić information content (AvgIpc) is 2.63. The lowest BCUT2D eigenvalue weighted by Crippen LogP contribution is -2.41. The largest absolute Gasteiger partial charge is 0.484 e. The minimum absolute atomic E-state index is 0.0964. The van der Waals surface area contributed by atoms with E-state index in [-0.39, 0.29) is 24.0 Å². The second-order valence-electron chi connectivity index (χ2n) is 6.14. The molecule has 6 heteroatoms. The molecule has 1 N–H and O–H groups in total. The molecule has 5 nitrogen and oxygen atoms in total. The van der Waals surface area contributed by atoms with Gasteiger partial charge < -0.3 is 14.8 Å². The summed E-state index contributed by atoms with van der Waals surface area (Å²) >= 11 is 0. The number of rotatable bonds is 5. The number of nitrogens with one attached hydrogen (secondary N) is 1. The van der Waals surface area contributed by atoms with E-state index in [0.29, 0.717) is 17.5 Å². The first kappa shape index (κ1) is 17.2. The van der Waals surface area contributed by atoms with Crippen molar-refractivity contribution >= 4 is 0 Å². The fraction of sp³-hybridized carbons (Fsp3) is 0.368. The third-order valence-electron chi connectivity index (χ3n) is 4.20. The lowest BCUT2D eigenvalue weighted by molar-refractivity contribution is 0.106. The van der Waals surface area contributed by atoms with Gasteiger partial charge >= 0.3 is 0 Å². The molecule has 0 saturated carbocycles. The quantitative estimate of drug-likeness (QED) is 0.905. The standard InChI is InChI=1S/C19H20FN3O2/c1-13-11-22-8-7-17(13)25-19-4-2-3-15(23-19)12-24-18-6-5-14(10-21)9-16(18)20/h2-6,9,13,17,22H,7-8,11-12H2,1H3. The molecule has 1 aliphatic rings. The van der Waals surface area contributed by atoms with Gasteiger partial charge in [-0.1, -0.05) is 13.0 Å². The lowest BCUT2D eigenvalue weighted by atomic mass is 9.98. The van der Waals surface area contributed by atoms with Gasteiger partial charge in [-0.3, -0.25) is 0 Å². The van der Waals surface area contributed by atoms with Crippen molar-refractivity contribution in [3.63, 3.8) is 0 Å². The van der Waals surface area contributed by atoms with Crippen LogP contribution in [0, 0.1) is 23.1 Å². The molecule has 1 aliphatic heterocycles. The number of nitrogens with zero attached hydrogens (tertiary/aromatic N) is 2. The van der Waals surface area contributed by atoms with Crippen LogP contribution in [0.1, 0.15) is 24.6 Å². The van der Waals surface area contributed by atoms with Crippen molar-refractivity contribution in [2.24, 2.45) is 5.92 Å². The maximum Gasteiger partial charge on any atom is 0.213 e. The Morgan fingerprint density at radius 3 is 3.00 bits per heavy atom. The molecule has 2 heterocycles. The Hall–Kier alpha value is -2.65. The molecular formula is C19H20FN3O2. The second kappa shape index (κ2) is 7.95. The van der Waals surface area contributed by atoms with Crippen LogP contribution in [0.2, 0.25) is 0 Å². The predicted octanol–water partition coefficient (Wildman–Crippen LogP) is 3.05. The first-order valence-corrected chi connectivity index (χ1v) is 8.31. The first-order chi connectivity index (χ1) is 12.2. The van der Waals surface area contributed by atoms with E-state index < -0.39 is 5.82 Å². The molecule has 130 valence electrons. The Balaban J connectivity index is 1.63. The van der Waals surface area contributed by atoms with Crippen LogP contribution in [-0.4, -0.2) is 24.2 Å². The Kier molecular flexibility index (Phi) is 5.46. The van der Waals surface area contributed by atoms with E-state index in [2.05, 4.69) is 17.2 Å². The lowest BCUT2D eigenvalue weighted by Gasteiger charge is -2.29. The van der Waals surface area contributed by atoms with Crippen molar-refractivity contribution in [2.45, 2.75) is 26.1 Å². The minimum Gasteiger partial charge on any atom is -0.484 e. The Morgan fingerprint density at radius 1 is 1.36 bits per heavy atom. The molecule has 1 aromatic carbocycles. The third-order valence-corrected chi connectivity index (χ3v) is 4.20. The summed E-state index contributed by atoms with van der Waals surface area (Å²) < 4.78 is 25.3. The van der Waals surface area contributed by atoms with E-state index in [1.165, 1.54) is 12.1 Å². The van der Waals surface area contributed by atoms with Crippen molar-refractivity contribution in [2.75, 3.05) is 13.1 Å². The maximum absolute atomic E-state index is 13.8. The van der Waals surface area contributed by atoms with Crippen molar-refractivity contribution in [1.29, 1.82) is 5.26 Å². The van der Waals surface area contributed by atoms with Crippen molar-refractivity contribution < 1.29 is 13.9 Å². The molecule has 3 rings (SSSR count). The number of halogens is 1. The fourth-order valence-electron chi connectivity index (χ4n) is 2.76. The molecule has 0 spiro atoms. The van der Waals surface area contributed by atoms with Gasteiger partial charge in [0.05, 0.1) is 17.3 Å². The summed E-state index contributed by atoms with van der Waals surface area (Å²) in [6, 6.07) is 11.5. The number of pyridine rings is 1. The monoisotopic (exact) mass is 341 g/mol. The highest BCUT2D eigenvalue weighted by atomic mass is 19.1. The topological polar surface area (TPSA) is 67.2 Å². The molecular weight excluding hydrogens is 321 g/mol. The third kappa shape index (κ3) is 4.46. The average molecular weight is 341 g/mol. The number of benzene rings is 1. The van der Waals surface area contributed by atoms with E-state index in [1.54, 1.807) is 6.07 Å². The number of hydrogen-bond acceptors (Lipinski definition) is 5. The first-order valence-electron chi connectivity index (χ1n) is 8.31. The number of aromatic nitrogens is 1. The van der Waals surface area contributed by atoms with Gasteiger partial charge in [0.25, 0.3) is 0 Å². The van der Waals surface area contributed by atoms with Crippen LogP contribution in [0.15, 0.2) is 36.4 Å². The van der Waals surface area contributed by atoms with Gasteiger partial charge in [0.2, 0.25) is 5.88 Å². The summed E-state index contributed by atoms with van der Waals surface area (Å²) in [6.45, 7) is 4.15. The summed E-state index contributed by atoms with van der Waals surface area (Å²) in [5, 5.41) is 12.1. The number of ether oxygens (including phenoxy) is 2. The summed E-state index contributed by atoms with van der Waals surface area (Å²) in [5.41, 5.74) is 0.914. The van der Waals surface area contributed by atoms with E-state index >= 15 is 0 Å². The minimum atomic E-state index is -0.560. The highest BCUT2D eigenvalue weighted by molar-refractivity contribution is 5.36. The van der Waals surface area contributed by atoms with E-state index in [0.717, 1.165) is 25.6 Å². The molecule has 0 bridgehead atoms. The summed E-state index contributed by atoms with van der Waals surface area (Å²) in [5.74, 6) is 0.512. The van der Waals surface area contributed by atoms with Crippen LogP contribution < -0.4 is 14.8 Å². The normalized spacial score (nSPS) is 19.9. The highest BCUT2D eigenvalue weighted by Crippen LogP contribution is 2.21. The number of nitriles is 1. The molecule has 0 amide bonds. The zero-order valence-electron chi connectivity index (χ0n) is 14.0. The van der Waals surface area contributed by atoms with Gasteiger partial charge in [0.1, 0.15) is 12.7 Å². The summed E-state index contributed by atoms with van der Waals surface area (Å²) in [7, 11) is 0. The predicted molar refractivity (Wildman–Crippen MR) is 90.8 cm³/mol. The molecule has 0 radical (unpaired) electrons. The Labute approximate surface area is 146 Å². The van der Waals surface area contributed by atoms with Gasteiger partial charge in [-0.2, -0.15) is 5.26 Å². The van der Waals surface area contributed by atoms with E-state index in [4.69, 9.17) is 14.7 Å². The maximum atomic E-state index is 13.8. The number of piperidine rings is 1. The van der Waals surface area contributed by atoms with Gasteiger partial charge in [-0.15, -0.1) is 0 Å². The molecule has 2 unspecified atom stereocenters. The van der Waals surface area contributed by atoms with Crippen LogP contribution >= 0.6 is 0 Å². The Bertz CT molecular complexity index is 776. The van der Waals surface area contributed by atoms with Gasteiger partial charge in [0.15, 0.2) is 11.6 Å². The van der Waals surface area contributed by atoms with Gasteiger partial charge in [-0.05, 0) is 37.2 Å². The summed E-state index contributed by atoms with van der Waals surface area (Å²) in [6.07, 6.45) is 1.08. The van der Waals surface area contributed by atoms with Crippen LogP contribution in [0.3, 0.4) is 0 Å². The molecule has 1 aromatic heterocycles. The van der Waals surface area contributed by atoms with Crippen molar-refractivity contribution in [3.05, 3.63) is 53.5 Å². The van der Waals surface area contributed by atoms with Crippen LogP contribution in [0.25, 0.3) is 0 Å². The highest BCUT2D eigenvalue weighted by Gasteiger charge is 2.23. The second-order valence-corrected chi connectivity index (χ2v) is 6.14. The van der Waals surface area contributed by atoms with Crippen molar-refractivity contribution in [1.82, 2.24) is 10.3 Å². The smallest absolute Gasteiger partial charge is 0.213 e. The summed E-state index contributed by atoms with van der Waals surface area (Å²) in [4.78, 5) is 4.44.